The van der Waals surface area contributed by atoms with Crippen molar-refractivity contribution in [1.29, 1.82) is 0 Å². The lowest BCUT2D eigenvalue weighted by Crippen LogP contribution is -2.14. The van der Waals surface area contributed by atoms with Crippen molar-refractivity contribution >= 4 is 23.0 Å². The summed E-state index contributed by atoms with van der Waals surface area (Å²) in [7, 11) is 0. The van der Waals surface area contributed by atoms with Crippen molar-refractivity contribution in [3.05, 3.63) is 52.6 Å². The van der Waals surface area contributed by atoms with Crippen molar-refractivity contribution in [2.45, 2.75) is 20.8 Å². The number of anilines is 3. The molecule has 4 nitrogen and oxygen atoms in total. The SMILES string of the molecule is Cc1ccc(C(=O)Nc2c(C)cc(N)cc2C)cc1N. The molecule has 0 atom stereocenters. The van der Waals surface area contributed by atoms with Gasteiger partial charge in [0.05, 0.1) is 0 Å². The minimum atomic E-state index is -0.173. The van der Waals surface area contributed by atoms with Gasteiger partial charge in [0, 0.05) is 22.6 Å². The van der Waals surface area contributed by atoms with Crippen LogP contribution in [0.5, 0.6) is 0 Å². The third-order valence-electron chi connectivity index (χ3n) is 3.33. The minimum Gasteiger partial charge on any atom is -0.399 e. The number of carbonyl (C=O) groups is 1. The van der Waals surface area contributed by atoms with Crippen molar-refractivity contribution in [2.75, 3.05) is 16.8 Å². The Morgan fingerprint density at radius 2 is 1.55 bits per heavy atom. The lowest BCUT2D eigenvalue weighted by Gasteiger charge is -2.13. The first-order valence-electron chi connectivity index (χ1n) is 6.42. The number of rotatable bonds is 2. The van der Waals surface area contributed by atoms with Gasteiger partial charge in [0.15, 0.2) is 0 Å². The number of carbonyl (C=O) groups excluding carboxylic acids is 1. The summed E-state index contributed by atoms with van der Waals surface area (Å²) in [5, 5.41) is 2.92. The molecule has 0 radical (unpaired) electrons. The number of nitrogen functional groups attached to an aromatic ring is 2. The molecular weight excluding hydrogens is 250 g/mol. The van der Waals surface area contributed by atoms with E-state index in [1.54, 1.807) is 12.1 Å². The summed E-state index contributed by atoms with van der Waals surface area (Å²) >= 11 is 0. The molecule has 0 aliphatic heterocycles. The van der Waals surface area contributed by atoms with Crippen molar-refractivity contribution in [2.24, 2.45) is 0 Å². The van der Waals surface area contributed by atoms with E-state index in [9.17, 15) is 4.79 Å². The Labute approximate surface area is 118 Å². The van der Waals surface area contributed by atoms with E-state index in [1.807, 2.05) is 39.0 Å². The average Bonchev–Trinajstić information content (AvgIpc) is 2.36. The summed E-state index contributed by atoms with van der Waals surface area (Å²) in [6.45, 7) is 5.75. The molecule has 0 spiro atoms. The molecule has 0 saturated carbocycles. The molecule has 20 heavy (non-hydrogen) atoms. The molecule has 104 valence electrons. The second kappa shape index (κ2) is 5.25. The molecular formula is C16H19N3O. The van der Waals surface area contributed by atoms with Gasteiger partial charge in [-0.3, -0.25) is 4.79 Å². The first-order chi connectivity index (χ1) is 9.38. The van der Waals surface area contributed by atoms with E-state index in [1.165, 1.54) is 0 Å². The maximum absolute atomic E-state index is 12.3. The fraction of sp³-hybridized carbons (Fsp3) is 0.188. The van der Waals surface area contributed by atoms with Crippen molar-refractivity contribution in [3.63, 3.8) is 0 Å². The molecule has 0 aliphatic rings. The van der Waals surface area contributed by atoms with Crippen molar-refractivity contribution in [3.8, 4) is 0 Å². The molecule has 0 saturated heterocycles. The van der Waals surface area contributed by atoms with E-state index in [0.717, 1.165) is 22.4 Å². The monoisotopic (exact) mass is 269 g/mol. The smallest absolute Gasteiger partial charge is 0.255 e. The van der Waals surface area contributed by atoms with Crippen molar-refractivity contribution in [1.82, 2.24) is 0 Å². The normalized spacial score (nSPS) is 10.3. The van der Waals surface area contributed by atoms with Gasteiger partial charge in [-0.25, -0.2) is 0 Å². The van der Waals surface area contributed by atoms with Crippen LogP contribution in [0.3, 0.4) is 0 Å². The van der Waals surface area contributed by atoms with Gasteiger partial charge in [0.1, 0.15) is 0 Å². The van der Waals surface area contributed by atoms with E-state index in [4.69, 9.17) is 11.5 Å². The fourth-order valence-corrected chi connectivity index (χ4v) is 2.16. The maximum Gasteiger partial charge on any atom is 0.255 e. The summed E-state index contributed by atoms with van der Waals surface area (Å²) in [6, 6.07) is 8.97. The van der Waals surface area contributed by atoms with Crippen LogP contribution in [0.2, 0.25) is 0 Å². The number of benzene rings is 2. The second-order valence-electron chi connectivity index (χ2n) is 5.06. The Kier molecular flexibility index (Phi) is 3.66. The van der Waals surface area contributed by atoms with Gasteiger partial charge in [-0.1, -0.05) is 6.07 Å². The van der Waals surface area contributed by atoms with E-state index in [2.05, 4.69) is 5.32 Å². The maximum atomic E-state index is 12.3. The lowest BCUT2D eigenvalue weighted by atomic mass is 10.1. The molecule has 0 aliphatic carbocycles. The van der Waals surface area contributed by atoms with Gasteiger partial charge in [-0.2, -0.15) is 0 Å². The Hall–Kier alpha value is -2.49. The number of hydrogen-bond acceptors (Lipinski definition) is 3. The number of amides is 1. The van der Waals surface area contributed by atoms with Crippen LogP contribution in [0, 0.1) is 20.8 Å². The summed E-state index contributed by atoms with van der Waals surface area (Å²) in [5.41, 5.74) is 17.1. The predicted molar refractivity (Wildman–Crippen MR) is 83.9 cm³/mol. The Morgan fingerprint density at radius 1 is 0.950 bits per heavy atom. The largest absolute Gasteiger partial charge is 0.399 e. The fourth-order valence-electron chi connectivity index (χ4n) is 2.16. The van der Waals surface area contributed by atoms with E-state index in [-0.39, 0.29) is 5.91 Å². The molecule has 2 aromatic rings. The van der Waals surface area contributed by atoms with E-state index >= 15 is 0 Å². The minimum absolute atomic E-state index is 0.173. The highest BCUT2D eigenvalue weighted by Gasteiger charge is 2.11. The number of hydrogen-bond donors (Lipinski definition) is 3. The molecule has 0 bridgehead atoms. The van der Waals surface area contributed by atoms with Gasteiger partial charge in [0.25, 0.3) is 5.91 Å². The second-order valence-corrected chi connectivity index (χ2v) is 5.06. The summed E-state index contributed by atoms with van der Waals surface area (Å²) in [6.07, 6.45) is 0. The third kappa shape index (κ3) is 2.74. The van der Waals surface area contributed by atoms with Crippen LogP contribution in [-0.4, -0.2) is 5.91 Å². The molecule has 4 heteroatoms. The lowest BCUT2D eigenvalue weighted by molar-refractivity contribution is 0.102. The number of aryl methyl sites for hydroxylation is 3. The zero-order valence-corrected chi connectivity index (χ0v) is 11.9. The standard InChI is InChI=1S/C16H19N3O/c1-9-4-5-12(8-14(9)18)16(20)19-15-10(2)6-13(17)7-11(15)3/h4-8H,17-18H2,1-3H3,(H,19,20). The van der Waals surface area contributed by atoms with Crippen LogP contribution in [0.15, 0.2) is 30.3 Å². The van der Waals surface area contributed by atoms with Gasteiger partial charge in [-0.15, -0.1) is 0 Å². The highest BCUT2D eigenvalue weighted by molar-refractivity contribution is 6.05. The van der Waals surface area contributed by atoms with Gasteiger partial charge in [0.2, 0.25) is 0 Å². The quantitative estimate of drug-likeness (QED) is 0.733. The molecule has 1 amide bonds. The summed E-state index contributed by atoms with van der Waals surface area (Å²) < 4.78 is 0. The number of nitrogens with one attached hydrogen (secondary N) is 1. The first kappa shape index (κ1) is 13.9. The van der Waals surface area contributed by atoms with Crippen LogP contribution < -0.4 is 16.8 Å². The zero-order valence-electron chi connectivity index (χ0n) is 11.9. The molecule has 0 heterocycles. The number of nitrogens with two attached hydrogens (primary N) is 2. The summed E-state index contributed by atoms with van der Waals surface area (Å²) in [4.78, 5) is 12.3. The first-order valence-corrected chi connectivity index (χ1v) is 6.42. The van der Waals surface area contributed by atoms with Crippen LogP contribution in [0.25, 0.3) is 0 Å². The van der Waals surface area contributed by atoms with Crippen molar-refractivity contribution < 1.29 is 4.79 Å². The Morgan fingerprint density at radius 3 is 2.10 bits per heavy atom. The van der Waals surface area contributed by atoms with Gasteiger partial charge in [-0.05, 0) is 61.7 Å². The highest BCUT2D eigenvalue weighted by Crippen LogP contribution is 2.24. The highest BCUT2D eigenvalue weighted by atomic mass is 16.1. The molecule has 0 fully saturated rings. The van der Waals surface area contributed by atoms with Crippen LogP contribution in [0.4, 0.5) is 17.1 Å². The Bertz CT molecular complexity index is 654. The van der Waals surface area contributed by atoms with Gasteiger partial charge >= 0.3 is 0 Å². The molecule has 2 rings (SSSR count). The molecule has 5 N–H and O–H groups in total. The van der Waals surface area contributed by atoms with Gasteiger partial charge < -0.3 is 16.8 Å². The van der Waals surface area contributed by atoms with E-state index in [0.29, 0.717) is 16.9 Å². The van der Waals surface area contributed by atoms with Crippen LogP contribution in [-0.2, 0) is 0 Å². The summed E-state index contributed by atoms with van der Waals surface area (Å²) in [5.74, 6) is -0.173. The van der Waals surface area contributed by atoms with Crippen LogP contribution >= 0.6 is 0 Å². The molecule has 2 aromatic carbocycles. The topological polar surface area (TPSA) is 81.1 Å². The third-order valence-corrected chi connectivity index (χ3v) is 3.33. The average molecular weight is 269 g/mol. The molecule has 0 unspecified atom stereocenters. The predicted octanol–water partition coefficient (Wildman–Crippen LogP) is 3.03. The zero-order chi connectivity index (χ0) is 14.9. The molecule has 0 aromatic heterocycles. The van der Waals surface area contributed by atoms with E-state index < -0.39 is 0 Å². The Balaban J connectivity index is 2.30. The van der Waals surface area contributed by atoms with Crippen LogP contribution in [0.1, 0.15) is 27.0 Å².